The summed E-state index contributed by atoms with van der Waals surface area (Å²) in [7, 11) is 0. The van der Waals surface area contributed by atoms with E-state index >= 15 is 0 Å². The van der Waals surface area contributed by atoms with Crippen molar-refractivity contribution in [1.29, 1.82) is 0 Å². The lowest BCUT2D eigenvalue weighted by atomic mass is 9.94. The Kier molecular flexibility index (Phi) is 4.83. The Hall–Kier alpha value is -2.14. The molecule has 1 aromatic heterocycles. The molecule has 1 saturated carbocycles. The Morgan fingerprint density at radius 3 is 2.80 bits per heavy atom. The topological polar surface area (TPSA) is 59.0 Å². The Balaban J connectivity index is 1.42. The zero-order valence-corrected chi connectivity index (χ0v) is 14.5. The molecule has 5 heteroatoms. The number of carbonyl (C=O) groups is 1. The average molecular weight is 338 g/mol. The molecule has 2 aromatic rings. The van der Waals surface area contributed by atoms with Gasteiger partial charge in [-0.1, -0.05) is 36.8 Å². The monoisotopic (exact) mass is 338 g/mol. The van der Waals surface area contributed by atoms with Gasteiger partial charge in [0.15, 0.2) is 0 Å². The number of rotatable bonds is 4. The predicted molar refractivity (Wildman–Crippen MR) is 97.7 cm³/mol. The van der Waals surface area contributed by atoms with E-state index < -0.39 is 0 Å². The lowest BCUT2D eigenvalue weighted by Gasteiger charge is -2.23. The molecule has 4 rings (SSSR count). The number of aromatic nitrogens is 2. The fourth-order valence-corrected chi connectivity index (χ4v) is 4.20. The van der Waals surface area contributed by atoms with E-state index in [1.165, 1.54) is 5.56 Å². The van der Waals surface area contributed by atoms with E-state index in [1.807, 2.05) is 23.0 Å². The van der Waals surface area contributed by atoms with Crippen LogP contribution in [0.2, 0.25) is 0 Å². The molecule has 5 nitrogen and oxygen atoms in total. The van der Waals surface area contributed by atoms with Crippen LogP contribution in [0.25, 0.3) is 0 Å². The lowest BCUT2D eigenvalue weighted by molar-refractivity contribution is 0.0928. The predicted octanol–water partition coefficient (Wildman–Crippen LogP) is 2.87. The highest BCUT2D eigenvalue weighted by atomic mass is 16.2. The van der Waals surface area contributed by atoms with E-state index in [4.69, 9.17) is 0 Å². The number of benzene rings is 1. The van der Waals surface area contributed by atoms with E-state index in [2.05, 4.69) is 40.0 Å². The summed E-state index contributed by atoms with van der Waals surface area (Å²) in [4.78, 5) is 12.7. The van der Waals surface area contributed by atoms with E-state index in [0.717, 1.165) is 45.2 Å². The van der Waals surface area contributed by atoms with Crippen LogP contribution >= 0.6 is 0 Å². The molecule has 1 saturated heterocycles. The zero-order valence-electron chi connectivity index (χ0n) is 14.5. The Morgan fingerprint density at radius 1 is 1.12 bits per heavy atom. The van der Waals surface area contributed by atoms with Gasteiger partial charge < -0.3 is 10.6 Å². The first-order valence-corrected chi connectivity index (χ1v) is 9.43. The van der Waals surface area contributed by atoms with Crippen LogP contribution in [0.3, 0.4) is 0 Å². The normalized spacial score (nSPS) is 26.5. The molecule has 1 aliphatic carbocycles. The lowest BCUT2D eigenvalue weighted by Crippen LogP contribution is -2.37. The molecule has 0 spiro atoms. The summed E-state index contributed by atoms with van der Waals surface area (Å²) in [6.07, 6.45) is 7.56. The van der Waals surface area contributed by atoms with Gasteiger partial charge >= 0.3 is 0 Å². The SMILES string of the molecule is O=C(NC1CCCC1c1ccccc1)c1ccn(C2CCCNC2)n1. The third kappa shape index (κ3) is 3.61. The fraction of sp³-hybridized carbons (Fsp3) is 0.500. The second kappa shape index (κ2) is 7.40. The van der Waals surface area contributed by atoms with Crippen LogP contribution < -0.4 is 10.6 Å². The van der Waals surface area contributed by atoms with Crippen molar-refractivity contribution in [1.82, 2.24) is 20.4 Å². The van der Waals surface area contributed by atoms with Crippen molar-refractivity contribution in [3.05, 3.63) is 53.9 Å². The van der Waals surface area contributed by atoms with Gasteiger partial charge in [-0.15, -0.1) is 0 Å². The summed E-state index contributed by atoms with van der Waals surface area (Å²) >= 11 is 0. The molecule has 3 unspecified atom stereocenters. The summed E-state index contributed by atoms with van der Waals surface area (Å²) in [5.41, 5.74) is 1.85. The van der Waals surface area contributed by atoms with E-state index in [1.54, 1.807) is 0 Å². The molecule has 1 aliphatic heterocycles. The molecule has 25 heavy (non-hydrogen) atoms. The minimum absolute atomic E-state index is 0.0460. The maximum absolute atomic E-state index is 12.7. The second-order valence-corrected chi connectivity index (χ2v) is 7.21. The summed E-state index contributed by atoms with van der Waals surface area (Å²) in [6.45, 7) is 2.01. The van der Waals surface area contributed by atoms with Crippen LogP contribution in [0.4, 0.5) is 0 Å². The maximum atomic E-state index is 12.7. The first kappa shape index (κ1) is 16.3. The molecular formula is C20H26N4O. The summed E-state index contributed by atoms with van der Waals surface area (Å²) < 4.78 is 1.95. The van der Waals surface area contributed by atoms with Gasteiger partial charge in [0.05, 0.1) is 6.04 Å². The quantitative estimate of drug-likeness (QED) is 0.901. The van der Waals surface area contributed by atoms with Crippen LogP contribution in [0.1, 0.15) is 60.1 Å². The summed E-state index contributed by atoms with van der Waals surface area (Å²) in [5, 5.41) is 11.2. The molecular weight excluding hydrogens is 312 g/mol. The number of amides is 1. The standard InChI is InChI=1S/C20H26N4O/c25-20(19-11-13-24(23-19)16-8-5-12-21-14-16)22-18-10-4-9-17(18)15-6-2-1-3-7-15/h1-3,6-7,11,13,16-18,21H,4-5,8-10,12,14H2,(H,22,25). The molecule has 2 N–H and O–H groups in total. The van der Waals surface area contributed by atoms with Crippen molar-refractivity contribution in [2.75, 3.05) is 13.1 Å². The van der Waals surface area contributed by atoms with Crippen LogP contribution in [-0.2, 0) is 0 Å². The van der Waals surface area contributed by atoms with Gasteiger partial charge in [0.25, 0.3) is 5.91 Å². The van der Waals surface area contributed by atoms with Crippen LogP contribution in [0, 0.1) is 0 Å². The molecule has 2 fully saturated rings. The molecule has 0 radical (unpaired) electrons. The largest absolute Gasteiger partial charge is 0.347 e. The van der Waals surface area contributed by atoms with Crippen LogP contribution in [-0.4, -0.2) is 34.8 Å². The van der Waals surface area contributed by atoms with Crippen molar-refractivity contribution in [2.45, 2.75) is 50.1 Å². The number of piperidine rings is 1. The minimum atomic E-state index is -0.0460. The van der Waals surface area contributed by atoms with Crippen molar-refractivity contribution in [3.63, 3.8) is 0 Å². The van der Waals surface area contributed by atoms with Gasteiger partial charge in [-0.2, -0.15) is 5.10 Å². The van der Waals surface area contributed by atoms with Crippen LogP contribution in [0.5, 0.6) is 0 Å². The highest BCUT2D eigenvalue weighted by Crippen LogP contribution is 2.34. The molecule has 3 atom stereocenters. The van der Waals surface area contributed by atoms with E-state index in [0.29, 0.717) is 17.7 Å². The van der Waals surface area contributed by atoms with Crippen molar-refractivity contribution in [2.24, 2.45) is 0 Å². The van der Waals surface area contributed by atoms with E-state index in [9.17, 15) is 4.79 Å². The van der Waals surface area contributed by atoms with Gasteiger partial charge in [-0.05, 0) is 43.9 Å². The van der Waals surface area contributed by atoms with Crippen molar-refractivity contribution >= 4 is 5.91 Å². The third-order valence-electron chi connectivity index (χ3n) is 5.55. The van der Waals surface area contributed by atoms with Gasteiger partial charge in [0.1, 0.15) is 5.69 Å². The summed E-state index contributed by atoms with van der Waals surface area (Å²) in [6, 6.07) is 12.9. The zero-order chi connectivity index (χ0) is 17.1. The van der Waals surface area contributed by atoms with Gasteiger partial charge in [-0.3, -0.25) is 9.48 Å². The van der Waals surface area contributed by atoms with Gasteiger partial charge in [0, 0.05) is 24.7 Å². The first-order valence-electron chi connectivity index (χ1n) is 9.43. The molecule has 0 bridgehead atoms. The first-order chi connectivity index (χ1) is 12.3. The molecule has 1 aromatic carbocycles. The highest BCUT2D eigenvalue weighted by molar-refractivity contribution is 5.92. The Labute approximate surface area is 148 Å². The Bertz CT molecular complexity index is 705. The van der Waals surface area contributed by atoms with Crippen LogP contribution in [0.15, 0.2) is 42.6 Å². The van der Waals surface area contributed by atoms with Crippen molar-refractivity contribution in [3.8, 4) is 0 Å². The van der Waals surface area contributed by atoms with Crippen molar-refractivity contribution < 1.29 is 4.79 Å². The number of nitrogens with one attached hydrogen (secondary N) is 2. The minimum Gasteiger partial charge on any atom is -0.347 e. The molecule has 2 heterocycles. The maximum Gasteiger partial charge on any atom is 0.272 e. The van der Waals surface area contributed by atoms with E-state index in [-0.39, 0.29) is 11.9 Å². The average Bonchev–Trinajstić information content (AvgIpc) is 3.33. The fourth-order valence-electron chi connectivity index (χ4n) is 4.20. The van der Waals surface area contributed by atoms with Gasteiger partial charge in [0.2, 0.25) is 0 Å². The molecule has 2 aliphatic rings. The number of hydrogen-bond acceptors (Lipinski definition) is 3. The number of carbonyl (C=O) groups excluding carboxylic acids is 1. The van der Waals surface area contributed by atoms with Gasteiger partial charge in [-0.25, -0.2) is 0 Å². The highest BCUT2D eigenvalue weighted by Gasteiger charge is 2.30. The molecule has 1 amide bonds. The third-order valence-corrected chi connectivity index (χ3v) is 5.55. The Morgan fingerprint density at radius 2 is 2.00 bits per heavy atom. The number of hydrogen-bond donors (Lipinski definition) is 2. The smallest absolute Gasteiger partial charge is 0.272 e. The summed E-state index contributed by atoms with van der Waals surface area (Å²) in [5.74, 6) is 0.366. The molecule has 132 valence electrons. The number of nitrogens with zero attached hydrogens (tertiary/aromatic N) is 2. The second-order valence-electron chi connectivity index (χ2n) is 7.21.